The van der Waals surface area contributed by atoms with Crippen LogP contribution in [-0.4, -0.2) is 9.97 Å². The molecule has 0 spiro atoms. The Balaban J connectivity index is 2.25. The van der Waals surface area contributed by atoms with Gasteiger partial charge in [-0.1, -0.05) is 35.9 Å². The van der Waals surface area contributed by atoms with Crippen molar-refractivity contribution >= 4 is 10.9 Å². The zero-order valence-electron chi connectivity index (χ0n) is 11.4. The zero-order valence-corrected chi connectivity index (χ0v) is 11.4. The Labute approximate surface area is 113 Å². The molecule has 0 aliphatic carbocycles. The molecule has 0 bridgehead atoms. The second-order valence-corrected chi connectivity index (χ2v) is 5.03. The molecule has 0 aliphatic rings. The van der Waals surface area contributed by atoms with E-state index in [1.807, 2.05) is 30.5 Å². The van der Waals surface area contributed by atoms with Gasteiger partial charge in [-0.15, -0.1) is 0 Å². The topological polar surface area (TPSA) is 25.8 Å². The number of fused-ring (bicyclic) bond motifs is 1. The molecular formula is C17H16N2. The molecule has 0 amide bonds. The van der Waals surface area contributed by atoms with Crippen LogP contribution < -0.4 is 0 Å². The van der Waals surface area contributed by atoms with Gasteiger partial charge in [0.2, 0.25) is 0 Å². The smallest absolute Gasteiger partial charge is 0.160 e. The summed E-state index contributed by atoms with van der Waals surface area (Å²) in [6.45, 7) is 6.35. The number of hydrogen-bond donors (Lipinski definition) is 0. The lowest BCUT2D eigenvalue weighted by molar-refractivity contribution is 1.19. The number of rotatable bonds is 1. The van der Waals surface area contributed by atoms with E-state index in [9.17, 15) is 0 Å². The van der Waals surface area contributed by atoms with Crippen LogP contribution in [-0.2, 0) is 0 Å². The van der Waals surface area contributed by atoms with Crippen molar-refractivity contribution in [2.24, 2.45) is 0 Å². The molecule has 0 N–H and O–H groups in total. The van der Waals surface area contributed by atoms with E-state index in [2.05, 4.69) is 42.9 Å². The largest absolute Gasteiger partial charge is 0.236 e. The molecule has 19 heavy (non-hydrogen) atoms. The van der Waals surface area contributed by atoms with E-state index in [-0.39, 0.29) is 0 Å². The SMILES string of the molecule is Cc1cc(C)c(-c2ncc3ccccc3n2)c(C)c1. The fourth-order valence-corrected chi connectivity index (χ4v) is 2.63. The monoisotopic (exact) mass is 248 g/mol. The molecule has 2 heteroatoms. The van der Waals surface area contributed by atoms with Crippen LogP contribution in [0.3, 0.4) is 0 Å². The highest BCUT2D eigenvalue weighted by Gasteiger charge is 2.09. The van der Waals surface area contributed by atoms with Crippen LogP contribution in [0.15, 0.2) is 42.6 Å². The minimum atomic E-state index is 0.814. The average Bonchev–Trinajstić information content (AvgIpc) is 2.37. The van der Waals surface area contributed by atoms with Crippen molar-refractivity contribution in [3.05, 3.63) is 59.3 Å². The minimum Gasteiger partial charge on any atom is -0.236 e. The lowest BCUT2D eigenvalue weighted by atomic mass is 9.99. The third-order valence-corrected chi connectivity index (χ3v) is 3.39. The minimum absolute atomic E-state index is 0.814. The highest BCUT2D eigenvalue weighted by Crippen LogP contribution is 2.26. The van der Waals surface area contributed by atoms with Gasteiger partial charge in [0.05, 0.1) is 5.52 Å². The Kier molecular flexibility index (Phi) is 2.79. The lowest BCUT2D eigenvalue weighted by Crippen LogP contribution is -1.95. The molecule has 0 unspecified atom stereocenters. The summed E-state index contributed by atoms with van der Waals surface area (Å²) >= 11 is 0. The molecule has 3 aromatic rings. The van der Waals surface area contributed by atoms with Crippen molar-refractivity contribution in [3.8, 4) is 11.4 Å². The van der Waals surface area contributed by atoms with E-state index in [1.165, 1.54) is 16.7 Å². The summed E-state index contributed by atoms with van der Waals surface area (Å²) in [6.07, 6.45) is 1.90. The number of aromatic nitrogens is 2. The van der Waals surface area contributed by atoms with Crippen LogP contribution in [0.4, 0.5) is 0 Å². The maximum atomic E-state index is 4.69. The van der Waals surface area contributed by atoms with Crippen LogP contribution in [0.2, 0.25) is 0 Å². The summed E-state index contributed by atoms with van der Waals surface area (Å²) in [4.78, 5) is 9.20. The van der Waals surface area contributed by atoms with Gasteiger partial charge in [0.1, 0.15) is 0 Å². The van der Waals surface area contributed by atoms with Crippen LogP contribution in [0.5, 0.6) is 0 Å². The average molecular weight is 248 g/mol. The van der Waals surface area contributed by atoms with Crippen LogP contribution >= 0.6 is 0 Å². The molecule has 1 aromatic heterocycles. The highest BCUT2D eigenvalue weighted by molar-refractivity contribution is 5.80. The van der Waals surface area contributed by atoms with Gasteiger partial charge in [-0.05, 0) is 38.0 Å². The first-order chi connectivity index (χ1) is 9.15. The first kappa shape index (κ1) is 11.8. The van der Waals surface area contributed by atoms with E-state index in [0.29, 0.717) is 0 Å². The number of para-hydroxylation sites is 1. The van der Waals surface area contributed by atoms with Crippen molar-refractivity contribution < 1.29 is 0 Å². The van der Waals surface area contributed by atoms with E-state index in [0.717, 1.165) is 22.3 Å². The molecule has 0 aliphatic heterocycles. The second-order valence-electron chi connectivity index (χ2n) is 5.03. The molecular weight excluding hydrogens is 232 g/mol. The normalized spacial score (nSPS) is 10.9. The van der Waals surface area contributed by atoms with E-state index >= 15 is 0 Å². The lowest BCUT2D eigenvalue weighted by Gasteiger charge is -2.10. The van der Waals surface area contributed by atoms with Gasteiger partial charge in [-0.2, -0.15) is 0 Å². The van der Waals surface area contributed by atoms with E-state index in [1.54, 1.807) is 0 Å². The summed E-state index contributed by atoms with van der Waals surface area (Å²) in [6, 6.07) is 12.4. The fraction of sp³-hybridized carbons (Fsp3) is 0.176. The Morgan fingerprint density at radius 3 is 2.32 bits per heavy atom. The highest BCUT2D eigenvalue weighted by atomic mass is 14.9. The molecule has 0 atom stereocenters. The van der Waals surface area contributed by atoms with E-state index < -0.39 is 0 Å². The maximum absolute atomic E-state index is 4.69. The van der Waals surface area contributed by atoms with Gasteiger partial charge in [0.25, 0.3) is 0 Å². The Hall–Kier alpha value is -2.22. The van der Waals surface area contributed by atoms with Crippen LogP contribution in [0.25, 0.3) is 22.3 Å². The Morgan fingerprint density at radius 1 is 0.895 bits per heavy atom. The summed E-state index contributed by atoms with van der Waals surface area (Å²) in [5, 5.41) is 1.08. The molecule has 94 valence electrons. The van der Waals surface area contributed by atoms with Gasteiger partial charge in [-0.3, -0.25) is 0 Å². The van der Waals surface area contributed by atoms with Crippen molar-refractivity contribution in [2.75, 3.05) is 0 Å². The van der Waals surface area contributed by atoms with Crippen molar-refractivity contribution in [1.82, 2.24) is 9.97 Å². The Bertz CT molecular complexity index is 737. The number of hydrogen-bond acceptors (Lipinski definition) is 2. The summed E-state index contributed by atoms with van der Waals surface area (Å²) in [7, 11) is 0. The standard InChI is InChI=1S/C17H16N2/c1-11-8-12(2)16(13(3)9-11)17-18-10-14-6-4-5-7-15(14)19-17/h4-10H,1-3H3. The maximum Gasteiger partial charge on any atom is 0.160 e. The fourth-order valence-electron chi connectivity index (χ4n) is 2.63. The van der Waals surface area contributed by atoms with E-state index in [4.69, 9.17) is 0 Å². The Morgan fingerprint density at radius 2 is 1.58 bits per heavy atom. The zero-order chi connectivity index (χ0) is 13.4. The predicted octanol–water partition coefficient (Wildman–Crippen LogP) is 4.22. The first-order valence-electron chi connectivity index (χ1n) is 6.45. The van der Waals surface area contributed by atoms with Gasteiger partial charge < -0.3 is 0 Å². The molecule has 0 saturated heterocycles. The molecule has 1 heterocycles. The first-order valence-corrected chi connectivity index (χ1v) is 6.45. The van der Waals surface area contributed by atoms with Crippen LogP contribution in [0, 0.1) is 20.8 Å². The third-order valence-electron chi connectivity index (χ3n) is 3.39. The number of aryl methyl sites for hydroxylation is 3. The summed E-state index contributed by atoms with van der Waals surface area (Å²) in [5.74, 6) is 0.814. The number of nitrogens with zero attached hydrogens (tertiary/aromatic N) is 2. The van der Waals surface area contributed by atoms with Crippen molar-refractivity contribution in [2.45, 2.75) is 20.8 Å². The molecule has 2 aromatic carbocycles. The molecule has 0 radical (unpaired) electrons. The van der Waals surface area contributed by atoms with Crippen LogP contribution in [0.1, 0.15) is 16.7 Å². The number of benzene rings is 2. The summed E-state index contributed by atoms with van der Waals surface area (Å²) < 4.78 is 0. The quantitative estimate of drug-likeness (QED) is 0.644. The summed E-state index contributed by atoms with van der Waals surface area (Å²) in [5.41, 5.74) is 5.88. The van der Waals surface area contributed by atoms with Gasteiger partial charge in [-0.25, -0.2) is 9.97 Å². The molecule has 2 nitrogen and oxygen atoms in total. The third kappa shape index (κ3) is 2.10. The van der Waals surface area contributed by atoms with Crippen molar-refractivity contribution in [1.29, 1.82) is 0 Å². The molecule has 0 fully saturated rings. The second kappa shape index (κ2) is 4.47. The van der Waals surface area contributed by atoms with Crippen molar-refractivity contribution in [3.63, 3.8) is 0 Å². The van der Waals surface area contributed by atoms with Gasteiger partial charge >= 0.3 is 0 Å². The van der Waals surface area contributed by atoms with Gasteiger partial charge in [0, 0.05) is 17.1 Å². The molecule has 3 rings (SSSR count). The molecule has 0 saturated carbocycles. The predicted molar refractivity (Wildman–Crippen MR) is 79.2 cm³/mol. The van der Waals surface area contributed by atoms with Gasteiger partial charge in [0.15, 0.2) is 5.82 Å².